The van der Waals surface area contributed by atoms with Crippen molar-refractivity contribution < 1.29 is 19.2 Å². The minimum absolute atomic E-state index is 0.259. The number of benzene rings is 1. The molecule has 1 aromatic rings. The van der Waals surface area contributed by atoms with Crippen molar-refractivity contribution in [2.45, 2.75) is 25.2 Å². The number of rotatable bonds is 5. The molecular formula is C15H17NO5. The van der Waals surface area contributed by atoms with Gasteiger partial charge in [0.15, 0.2) is 5.78 Å². The minimum Gasteiger partial charge on any atom is -0.468 e. The summed E-state index contributed by atoms with van der Waals surface area (Å²) in [7, 11) is 1.21. The summed E-state index contributed by atoms with van der Waals surface area (Å²) in [5, 5.41) is 11.0. The number of ketones is 1. The van der Waals surface area contributed by atoms with Crippen LogP contribution in [-0.2, 0) is 14.3 Å². The molecule has 0 saturated heterocycles. The third kappa shape index (κ3) is 2.66. The Morgan fingerprint density at radius 1 is 1.43 bits per heavy atom. The molecular weight excluding hydrogens is 274 g/mol. The number of carbonyl (C=O) groups is 2. The van der Waals surface area contributed by atoms with E-state index in [9.17, 15) is 19.7 Å². The van der Waals surface area contributed by atoms with E-state index >= 15 is 0 Å². The van der Waals surface area contributed by atoms with Gasteiger partial charge in [-0.2, -0.15) is 0 Å². The first-order chi connectivity index (χ1) is 10.0. The maximum atomic E-state index is 12.4. The summed E-state index contributed by atoms with van der Waals surface area (Å²) in [4.78, 5) is 35.2. The second-order valence-corrected chi connectivity index (χ2v) is 5.22. The number of hydrogen-bond donors (Lipinski definition) is 0. The highest BCUT2D eigenvalue weighted by molar-refractivity contribution is 6.06. The first-order valence-electron chi connectivity index (χ1n) is 6.81. The lowest BCUT2D eigenvalue weighted by Gasteiger charge is -2.31. The van der Waals surface area contributed by atoms with Gasteiger partial charge in [0.25, 0.3) is 0 Å². The Bertz CT molecular complexity index is 556. The van der Waals surface area contributed by atoms with Crippen molar-refractivity contribution in [1.29, 1.82) is 0 Å². The molecule has 1 aliphatic rings. The highest BCUT2D eigenvalue weighted by atomic mass is 16.6. The Balaban J connectivity index is 2.53. The van der Waals surface area contributed by atoms with Crippen molar-refractivity contribution in [3.63, 3.8) is 0 Å². The monoisotopic (exact) mass is 291 g/mol. The number of nitro groups is 1. The molecule has 1 aromatic carbocycles. The third-order valence-corrected chi connectivity index (χ3v) is 4.15. The lowest BCUT2D eigenvalue weighted by Crippen LogP contribution is -2.44. The predicted octanol–water partition coefficient (Wildman–Crippen LogP) is 1.96. The van der Waals surface area contributed by atoms with Crippen molar-refractivity contribution >= 4 is 11.8 Å². The Morgan fingerprint density at radius 2 is 2.10 bits per heavy atom. The van der Waals surface area contributed by atoms with Crippen LogP contribution in [0.3, 0.4) is 0 Å². The number of ether oxygens (including phenoxy) is 1. The van der Waals surface area contributed by atoms with E-state index in [-0.39, 0.29) is 12.2 Å². The Morgan fingerprint density at radius 3 is 2.57 bits per heavy atom. The Kier molecular flexibility index (Phi) is 4.35. The van der Waals surface area contributed by atoms with E-state index in [2.05, 4.69) is 0 Å². The average molecular weight is 291 g/mol. The normalized spacial score (nSPS) is 22.8. The summed E-state index contributed by atoms with van der Waals surface area (Å²) in [6, 6.07) is 8.70. The molecule has 0 radical (unpaired) electrons. The molecule has 6 heteroatoms. The SMILES string of the molecule is COC(=O)[C@]1(C(C[N+](=O)[O-])c2ccccc2)CCCC1=O. The molecule has 112 valence electrons. The molecule has 0 heterocycles. The van der Waals surface area contributed by atoms with E-state index in [1.165, 1.54) is 7.11 Å². The van der Waals surface area contributed by atoms with E-state index in [1.807, 2.05) is 0 Å². The van der Waals surface area contributed by atoms with Crippen LogP contribution in [0, 0.1) is 15.5 Å². The Labute approximate surface area is 122 Å². The van der Waals surface area contributed by atoms with Gasteiger partial charge in [-0.25, -0.2) is 0 Å². The maximum Gasteiger partial charge on any atom is 0.320 e. The largest absolute Gasteiger partial charge is 0.468 e. The summed E-state index contributed by atoms with van der Waals surface area (Å²) < 4.78 is 4.81. The van der Waals surface area contributed by atoms with Crippen LogP contribution in [-0.4, -0.2) is 30.3 Å². The van der Waals surface area contributed by atoms with E-state index < -0.39 is 28.8 Å². The quantitative estimate of drug-likeness (QED) is 0.358. The molecule has 0 aromatic heterocycles. The lowest BCUT2D eigenvalue weighted by molar-refractivity contribution is -0.485. The van der Waals surface area contributed by atoms with E-state index in [0.29, 0.717) is 18.4 Å². The van der Waals surface area contributed by atoms with Gasteiger partial charge in [-0.1, -0.05) is 30.3 Å². The second-order valence-electron chi connectivity index (χ2n) is 5.22. The molecule has 0 bridgehead atoms. The fraction of sp³-hybridized carbons (Fsp3) is 0.467. The van der Waals surface area contributed by atoms with Gasteiger partial charge in [-0.3, -0.25) is 19.7 Å². The lowest BCUT2D eigenvalue weighted by atomic mass is 9.70. The van der Waals surface area contributed by atoms with Crippen LogP contribution in [0.2, 0.25) is 0 Å². The molecule has 2 rings (SSSR count). The molecule has 0 spiro atoms. The number of carbonyl (C=O) groups excluding carboxylic acids is 2. The summed E-state index contributed by atoms with van der Waals surface area (Å²) in [6.45, 7) is -0.467. The molecule has 0 aliphatic heterocycles. The predicted molar refractivity (Wildman–Crippen MR) is 74.4 cm³/mol. The number of Topliss-reactive ketones (excluding diaryl/α,β-unsaturated/α-hetero) is 1. The van der Waals surface area contributed by atoms with Crippen LogP contribution in [0.25, 0.3) is 0 Å². The first-order valence-corrected chi connectivity index (χ1v) is 6.81. The van der Waals surface area contributed by atoms with Crippen LogP contribution in [0.15, 0.2) is 30.3 Å². The van der Waals surface area contributed by atoms with Gasteiger partial charge in [0, 0.05) is 11.3 Å². The molecule has 1 saturated carbocycles. The fourth-order valence-corrected chi connectivity index (χ4v) is 3.18. The summed E-state index contributed by atoms with van der Waals surface area (Å²) >= 11 is 0. The smallest absolute Gasteiger partial charge is 0.320 e. The van der Waals surface area contributed by atoms with Gasteiger partial charge in [-0.05, 0) is 18.4 Å². The molecule has 1 fully saturated rings. The topological polar surface area (TPSA) is 86.5 Å². The van der Waals surface area contributed by atoms with Crippen LogP contribution < -0.4 is 0 Å². The first kappa shape index (κ1) is 15.2. The van der Waals surface area contributed by atoms with Gasteiger partial charge < -0.3 is 4.74 Å². The van der Waals surface area contributed by atoms with Crippen LogP contribution >= 0.6 is 0 Å². The maximum absolute atomic E-state index is 12.4. The Hall–Kier alpha value is -2.24. The van der Waals surface area contributed by atoms with Gasteiger partial charge in [0.1, 0.15) is 5.41 Å². The number of methoxy groups -OCH3 is 1. The van der Waals surface area contributed by atoms with Crippen LogP contribution in [0.4, 0.5) is 0 Å². The zero-order valence-electron chi connectivity index (χ0n) is 11.8. The van der Waals surface area contributed by atoms with Gasteiger partial charge in [-0.15, -0.1) is 0 Å². The molecule has 21 heavy (non-hydrogen) atoms. The van der Waals surface area contributed by atoms with Crippen molar-refractivity contribution in [3.8, 4) is 0 Å². The molecule has 0 N–H and O–H groups in total. The zero-order chi connectivity index (χ0) is 15.5. The van der Waals surface area contributed by atoms with Gasteiger partial charge in [0.05, 0.1) is 13.0 Å². The second kappa shape index (κ2) is 6.03. The van der Waals surface area contributed by atoms with E-state index in [0.717, 1.165) is 0 Å². The number of esters is 1. The van der Waals surface area contributed by atoms with Crippen LogP contribution in [0.5, 0.6) is 0 Å². The van der Waals surface area contributed by atoms with Gasteiger partial charge >= 0.3 is 5.97 Å². The summed E-state index contributed by atoms with van der Waals surface area (Å²) in [5.41, 5.74) is -0.807. The van der Waals surface area contributed by atoms with E-state index in [4.69, 9.17) is 4.74 Å². The number of hydrogen-bond acceptors (Lipinski definition) is 5. The molecule has 0 amide bonds. The average Bonchev–Trinajstić information content (AvgIpc) is 2.87. The molecule has 1 unspecified atom stereocenters. The fourth-order valence-electron chi connectivity index (χ4n) is 3.18. The van der Waals surface area contributed by atoms with Crippen molar-refractivity contribution in [3.05, 3.63) is 46.0 Å². The van der Waals surface area contributed by atoms with Crippen molar-refractivity contribution in [2.24, 2.45) is 5.41 Å². The highest BCUT2D eigenvalue weighted by Gasteiger charge is 2.57. The van der Waals surface area contributed by atoms with Gasteiger partial charge in [0.2, 0.25) is 6.54 Å². The molecule has 1 aliphatic carbocycles. The van der Waals surface area contributed by atoms with E-state index in [1.54, 1.807) is 30.3 Å². The van der Waals surface area contributed by atoms with Crippen LogP contribution in [0.1, 0.15) is 30.7 Å². The summed E-state index contributed by atoms with van der Waals surface area (Å²) in [5.74, 6) is -1.72. The molecule has 6 nitrogen and oxygen atoms in total. The highest BCUT2D eigenvalue weighted by Crippen LogP contribution is 2.47. The third-order valence-electron chi connectivity index (χ3n) is 4.15. The zero-order valence-corrected chi connectivity index (χ0v) is 11.8. The summed E-state index contributed by atoms with van der Waals surface area (Å²) in [6.07, 6.45) is 1.11. The van der Waals surface area contributed by atoms with Crippen molar-refractivity contribution in [2.75, 3.05) is 13.7 Å². The van der Waals surface area contributed by atoms with Crippen molar-refractivity contribution in [1.82, 2.24) is 0 Å². The standard InChI is InChI=1S/C15H17NO5/c1-21-14(18)15(9-5-8-13(15)17)12(10-16(19)20)11-6-3-2-4-7-11/h2-4,6-7,12H,5,8-10H2,1H3/t12?,15-/m0/s1. The number of nitrogens with zero attached hydrogens (tertiary/aromatic N) is 1. The minimum atomic E-state index is -1.43. The molecule has 2 atom stereocenters.